The molecule has 0 amide bonds. The summed E-state index contributed by atoms with van der Waals surface area (Å²) in [5.74, 6) is 6.38. The second-order valence-electron chi connectivity index (χ2n) is 7.55. The predicted octanol–water partition coefficient (Wildman–Crippen LogP) is 4.88. The number of benzene rings is 3. The number of hydrogen-bond acceptors (Lipinski definition) is 2. The Balaban J connectivity index is 1.72. The third kappa shape index (κ3) is 3.87. The maximum absolute atomic E-state index is 11.7. The molecule has 3 aromatic rings. The molecule has 1 heterocycles. The van der Waals surface area contributed by atoms with Crippen LogP contribution in [-0.4, -0.2) is 10.7 Å². The number of rotatable bonds is 2. The Hall–Kier alpha value is -2.86. The molecule has 2 nitrogen and oxygen atoms in total. The van der Waals surface area contributed by atoms with Crippen LogP contribution < -0.4 is 5.32 Å². The van der Waals surface area contributed by atoms with E-state index in [1.54, 1.807) is 0 Å². The van der Waals surface area contributed by atoms with Crippen LogP contribution in [0.15, 0.2) is 91.0 Å². The summed E-state index contributed by atoms with van der Waals surface area (Å²) in [5, 5.41) is 15.4. The lowest BCUT2D eigenvalue weighted by atomic mass is 9.72. The molecule has 0 aliphatic carbocycles. The highest BCUT2D eigenvalue weighted by atomic mass is 16.3. The fraction of sp³-hybridized carbons (Fsp3) is 0.231. The zero-order valence-corrected chi connectivity index (χ0v) is 16.0. The molecule has 3 aromatic carbocycles. The zero-order valence-electron chi connectivity index (χ0n) is 16.0. The van der Waals surface area contributed by atoms with Crippen molar-refractivity contribution in [2.75, 3.05) is 0 Å². The van der Waals surface area contributed by atoms with Gasteiger partial charge in [0.15, 0.2) is 0 Å². The molecule has 0 unspecified atom stereocenters. The van der Waals surface area contributed by atoms with Crippen LogP contribution in [0.3, 0.4) is 0 Å². The van der Waals surface area contributed by atoms with Crippen LogP contribution in [0.4, 0.5) is 0 Å². The van der Waals surface area contributed by atoms with Crippen molar-refractivity contribution in [2.45, 2.75) is 31.0 Å². The van der Waals surface area contributed by atoms with Gasteiger partial charge in [-0.3, -0.25) is 0 Å². The molecular weight excluding hydrogens is 342 g/mol. The standard InChI is InChI=1S/C26H25NO/c1-20-25(23-15-9-4-10-16-23)27-24(22-13-7-3-8-14-22)19-26(20,28)18-17-21-11-5-2-6-12-21/h2-16,20,24-25,27-28H,19H2,1H3/t20-,24-,25-,26-/m1/s1. The van der Waals surface area contributed by atoms with E-state index in [0.29, 0.717) is 6.42 Å². The molecule has 0 bridgehead atoms. The van der Waals surface area contributed by atoms with Gasteiger partial charge in [-0.1, -0.05) is 97.6 Å². The Morgan fingerprint density at radius 3 is 1.96 bits per heavy atom. The van der Waals surface area contributed by atoms with E-state index in [9.17, 15) is 5.11 Å². The van der Waals surface area contributed by atoms with Crippen molar-refractivity contribution in [1.29, 1.82) is 0 Å². The first kappa shape index (κ1) is 18.5. The first-order valence-electron chi connectivity index (χ1n) is 9.82. The van der Waals surface area contributed by atoms with Crippen LogP contribution in [0.2, 0.25) is 0 Å². The van der Waals surface area contributed by atoms with Gasteiger partial charge in [0.1, 0.15) is 5.60 Å². The lowest BCUT2D eigenvalue weighted by Gasteiger charge is -2.45. The van der Waals surface area contributed by atoms with Crippen LogP contribution in [0.1, 0.15) is 42.1 Å². The van der Waals surface area contributed by atoms with Crippen molar-refractivity contribution in [3.63, 3.8) is 0 Å². The minimum Gasteiger partial charge on any atom is -0.377 e. The Bertz CT molecular complexity index is 959. The van der Waals surface area contributed by atoms with E-state index in [4.69, 9.17) is 0 Å². The topological polar surface area (TPSA) is 32.3 Å². The van der Waals surface area contributed by atoms with E-state index in [1.165, 1.54) is 11.1 Å². The molecule has 1 aliphatic heterocycles. The molecule has 0 aromatic heterocycles. The van der Waals surface area contributed by atoms with Crippen molar-refractivity contribution < 1.29 is 5.11 Å². The Morgan fingerprint density at radius 1 is 0.821 bits per heavy atom. The molecule has 4 rings (SSSR count). The fourth-order valence-corrected chi connectivity index (χ4v) is 4.00. The summed E-state index contributed by atoms with van der Waals surface area (Å²) in [6.07, 6.45) is 0.557. The van der Waals surface area contributed by atoms with Crippen LogP contribution in [0.5, 0.6) is 0 Å². The van der Waals surface area contributed by atoms with Gasteiger partial charge in [0.2, 0.25) is 0 Å². The molecule has 0 radical (unpaired) electrons. The summed E-state index contributed by atoms with van der Waals surface area (Å²) in [5.41, 5.74) is 2.20. The summed E-state index contributed by atoms with van der Waals surface area (Å²) in [6, 6.07) is 30.6. The van der Waals surface area contributed by atoms with Gasteiger partial charge >= 0.3 is 0 Å². The molecule has 1 saturated heterocycles. The van der Waals surface area contributed by atoms with E-state index in [2.05, 4.69) is 48.3 Å². The molecule has 4 atom stereocenters. The van der Waals surface area contributed by atoms with Crippen LogP contribution in [0.25, 0.3) is 0 Å². The highest BCUT2D eigenvalue weighted by molar-refractivity contribution is 5.38. The molecule has 1 fully saturated rings. The van der Waals surface area contributed by atoms with Gasteiger partial charge in [-0.15, -0.1) is 0 Å². The molecule has 28 heavy (non-hydrogen) atoms. The number of piperidine rings is 1. The summed E-state index contributed by atoms with van der Waals surface area (Å²) in [6.45, 7) is 2.09. The van der Waals surface area contributed by atoms with E-state index in [-0.39, 0.29) is 18.0 Å². The van der Waals surface area contributed by atoms with Gasteiger partial charge in [0.25, 0.3) is 0 Å². The van der Waals surface area contributed by atoms with Gasteiger partial charge in [0, 0.05) is 30.0 Å². The van der Waals surface area contributed by atoms with Gasteiger partial charge in [-0.2, -0.15) is 0 Å². The predicted molar refractivity (Wildman–Crippen MR) is 114 cm³/mol. The van der Waals surface area contributed by atoms with Gasteiger partial charge < -0.3 is 10.4 Å². The molecule has 1 aliphatic rings. The quantitative estimate of drug-likeness (QED) is 0.633. The van der Waals surface area contributed by atoms with Crippen LogP contribution in [-0.2, 0) is 0 Å². The smallest absolute Gasteiger partial charge is 0.132 e. The van der Waals surface area contributed by atoms with Crippen LogP contribution >= 0.6 is 0 Å². The fourth-order valence-electron chi connectivity index (χ4n) is 4.00. The Morgan fingerprint density at radius 2 is 1.36 bits per heavy atom. The number of aliphatic hydroxyl groups is 1. The monoisotopic (exact) mass is 367 g/mol. The maximum Gasteiger partial charge on any atom is 0.132 e. The highest BCUT2D eigenvalue weighted by Crippen LogP contribution is 2.42. The second-order valence-corrected chi connectivity index (χ2v) is 7.55. The normalized spacial score (nSPS) is 26.9. The molecule has 2 heteroatoms. The Kier molecular flexibility index (Phi) is 5.30. The van der Waals surface area contributed by atoms with Crippen molar-refractivity contribution in [1.82, 2.24) is 5.32 Å². The lowest BCUT2D eigenvalue weighted by molar-refractivity contribution is -0.0196. The molecule has 2 N–H and O–H groups in total. The third-order valence-corrected chi connectivity index (χ3v) is 5.71. The van der Waals surface area contributed by atoms with Crippen molar-refractivity contribution in [3.8, 4) is 11.8 Å². The van der Waals surface area contributed by atoms with Crippen LogP contribution in [0, 0.1) is 17.8 Å². The average Bonchev–Trinajstić information content (AvgIpc) is 2.76. The number of hydrogen-bond donors (Lipinski definition) is 2. The van der Waals surface area contributed by atoms with Crippen molar-refractivity contribution in [2.24, 2.45) is 5.92 Å². The van der Waals surface area contributed by atoms with E-state index in [1.807, 2.05) is 66.7 Å². The Labute approximate surface area is 167 Å². The largest absolute Gasteiger partial charge is 0.377 e. The third-order valence-electron chi connectivity index (χ3n) is 5.71. The average molecular weight is 367 g/mol. The second kappa shape index (κ2) is 8.02. The summed E-state index contributed by atoms with van der Waals surface area (Å²) in [7, 11) is 0. The van der Waals surface area contributed by atoms with E-state index in [0.717, 1.165) is 5.56 Å². The van der Waals surface area contributed by atoms with Gasteiger partial charge in [0.05, 0.1) is 0 Å². The molecule has 0 spiro atoms. The molecule has 140 valence electrons. The van der Waals surface area contributed by atoms with E-state index < -0.39 is 5.60 Å². The minimum atomic E-state index is -1.08. The van der Waals surface area contributed by atoms with Gasteiger partial charge in [-0.05, 0) is 23.3 Å². The summed E-state index contributed by atoms with van der Waals surface area (Å²) < 4.78 is 0. The molecule has 0 saturated carbocycles. The number of nitrogens with one attached hydrogen (secondary N) is 1. The summed E-state index contributed by atoms with van der Waals surface area (Å²) >= 11 is 0. The highest BCUT2D eigenvalue weighted by Gasteiger charge is 2.45. The van der Waals surface area contributed by atoms with Gasteiger partial charge in [-0.25, -0.2) is 0 Å². The molecular formula is C26H25NO. The lowest BCUT2D eigenvalue weighted by Crippen LogP contribution is -2.51. The van der Waals surface area contributed by atoms with Crippen molar-refractivity contribution >= 4 is 0 Å². The first-order chi connectivity index (χ1) is 13.7. The van der Waals surface area contributed by atoms with E-state index >= 15 is 0 Å². The SMILES string of the molecule is C[C@@H]1[C@H](c2ccccc2)N[C@@H](c2ccccc2)C[C@]1(O)C#Cc1ccccc1. The van der Waals surface area contributed by atoms with Crippen molar-refractivity contribution in [3.05, 3.63) is 108 Å². The maximum atomic E-state index is 11.7. The first-order valence-corrected chi connectivity index (χ1v) is 9.82. The zero-order chi connectivity index (χ0) is 19.4. The minimum absolute atomic E-state index is 0.0234. The summed E-state index contributed by atoms with van der Waals surface area (Å²) in [4.78, 5) is 0.